The van der Waals surface area contributed by atoms with Gasteiger partial charge in [-0.05, 0) is 50.3 Å². The fourth-order valence-electron chi connectivity index (χ4n) is 5.87. The van der Waals surface area contributed by atoms with Gasteiger partial charge in [-0.1, -0.05) is 0 Å². The first-order valence-electron chi connectivity index (χ1n) is 11.3. The minimum Gasteiger partial charge on any atom is -0.503 e. The minimum atomic E-state index is -1.03. The number of carbonyl (C=O) groups excluding carboxylic acids is 2. The number of nitrogens with one attached hydrogen (secondary N) is 1. The van der Waals surface area contributed by atoms with Crippen molar-refractivity contribution in [2.45, 2.75) is 50.6 Å². The number of hydrogen-bond acceptors (Lipinski definition) is 5. The highest BCUT2D eigenvalue weighted by atomic mass is 19.1. The van der Waals surface area contributed by atoms with E-state index in [1.807, 2.05) is 0 Å². The number of aryl methyl sites for hydroxylation is 1. The normalized spacial score (nSPS) is 23.0. The molecule has 1 spiro atoms. The van der Waals surface area contributed by atoms with E-state index < -0.39 is 58.2 Å². The number of amides is 2. The Kier molecular flexibility index (Phi) is 5.23. The molecule has 3 aliphatic heterocycles. The molecule has 8 nitrogen and oxygen atoms in total. The average molecular weight is 473 g/mol. The molecule has 3 aliphatic rings. The molecule has 34 heavy (non-hydrogen) atoms. The molecule has 10 heteroatoms. The van der Waals surface area contributed by atoms with E-state index in [2.05, 4.69) is 5.32 Å². The summed E-state index contributed by atoms with van der Waals surface area (Å²) >= 11 is 0. The first-order valence-corrected chi connectivity index (χ1v) is 11.3. The van der Waals surface area contributed by atoms with Crippen LogP contribution in [0.1, 0.15) is 69.3 Å². The predicted molar refractivity (Wildman–Crippen MR) is 117 cm³/mol. The summed E-state index contributed by atoms with van der Waals surface area (Å²) in [5.74, 6) is -4.49. The molecule has 1 aromatic carbocycles. The van der Waals surface area contributed by atoms with Gasteiger partial charge in [0.1, 0.15) is 17.2 Å². The number of pyridine rings is 1. The van der Waals surface area contributed by atoms with Gasteiger partial charge in [0.15, 0.2) is 11.4 Å². The van der Waals surface area contributed by atoms with E-state index in [1.165, 1.54) is 6.92 Å². The van der Waals surface area contributed by atoms with E-state index in [-0.39, 0.29) is 23.6 Å². The monoisotopic (exact) mass is 473 g/mol. The number of nitrogens with zero attached hydrogens (tertiary/aromatic N) is 2. The van der Waals surface area contributed by atoms with Gasteiger partial charge < -0.3 is 25.0 Å². The average Bonchev–Trinajstić information content (AvgIpc) is 2.96. The maximum atomic E-state index is 14.2. The smallest absolute Gasteiger partial charge is 0.274 e. The fraction of sp³-hybridized carbons (Fsp3) is 0.458. The second kappa shape index (κ2) is 7.90. The molecule has 2 amide bonds. The molecule has 1 saturated heterocycles. The summed E-state index contributed by atoms with van der Waals surface area (Å²) < 4.78 is 30.1. The Morgan fingerprint density at radius 3 is 2.62 bits per heavy atom. The lowest BCUT2D eigenvalue weighted by molar-refractivity contribution is 0.0578. The SMILES string of the molecule is Cc1cc(F)c(CNC(=O)c2c3n4c(c(O)c2=O)C(=O)N2CCCC[C@@]4(CC3CO)C2)c(F)c1. The molecular formula is C24H25F2N3O5. The van der Waals surface area contributed by atoms with Gasteiger partial charge in [-0.15, -0.1) is 0 Å². The Hall–Kier alpha value is -3.27. The molecule has 2 bridgehead atoms. The van der Waals surface area contributed by atoms with Crippen LogP contribution in [0.3, 0.4) is 0 Å². The minimum absolute atomic E-state index is 0.156. The zero-order valence-electron chi connectivity index (χ0n) is 18.7. The van der Waals surface area contributed by atoms with Gasteiger partial charge in [-0.3, -0.25) is 14.4 Å². The molecule has 0 saturated carbocycles. The van der Waals surface area contributed by atoms with E-state index in [4.69, 9.17) is 0 Å². The van der Waals surface area contributed by atoms with Gasteiger partial charge in [0.05, 0.1) is 12.1 Å². The summed E-state index contributed by atoms with van der Waals surface area (Å²) in [6.07, 6.45) is 2.65. The Labute approximate surface area is 193 Å². The van der Waals surface area contributed by atoms with Crippen molar-refractivity contribution in [1.82, 2.24) is 14.8 Å². The lowest BCUT2D eigenvalue weighted by atomic mass is 9.86. The molecule has 1 aromatic heterocycles. The number of hydrogen-bond donors (Lipinski definition) is 3. The van der Waals surface area contributed by atoms with E-state index >= 15 is 0 Å². The number of rotatable bonds is 4. The summed E-state index contributed by atoms with van der Waals surface area (Å²) in [4.78, 5) is 41.1. The Bertz CT molecular complexity index is 1270. The Balaban J connectivity index is 1.63. The topological polar surface area (TPSA) is 112 Å². The lowest BCUT2D eigenvalue weighted by Crippen LogP contribution is -2.52. The van der Waals surface area contributed by atoms with Gasteiger partial charge in [0.25, 0.3) is 11.8 Å². The van der Waals surface area contributed by atoms with Crippen LogP contribution in [-0.2, 0) is 12.1 Å². The summed E-state index contributed by atoms with van der Waals surface area (Å²) in [6, 6.07) is 2.28. The van der Waals surface area contributed by atoms with Crippen molar-refractivity contribution in [3.05, 3.63) is 62.1 Å². The van der Waals surface area contributed by atoms with Crippen LogP contribution >= 0.6 is 0 Å². The van der Waals surface area contributed by atoms with Crippen LogP contribution in [0, 0.1) is 18.6 Å². The van der Waals surface area contributed by atoms with Crippen LogP contribution in [0.2, 0.25) is 0 Å². The van der Waals surface area contributed by atoms with Gasteiger partial charge >= 0.3 is 0 Å². The van der Waals surface area contributed by atoms with Crippen molar-refractivity contribution in [1.29, 1.82) is 0 Å². The zero-order chi connectivity index (χ0) is 24.4. The first-order chi connectivity index (χ1) is 16.2. The van der Waals surface area contributed by atoms with Crippen LogP contribution < -0.4 is 10.7 Å². The maximum Gasteiger partial charge on any atom is 0.274 e. The van der Waals surface area contributed by atoms with Crippen molar-refractivity contribution < 1.29 is 28.6 Å². The van der Waals surface area contributed by atoms with Crippen LogP contribution in [-0.4, -0.2) is 51.2 Å². The molecule has 2 aromatic rings. The molecule has 0 aliphatic carbocycles. The molecule has 3 N–H and O–H groups in total. The summed E-state index contributed by atoms with van der Waals surface area (Å²) in [5, 5.41) is 23.3. The molecule has 4 heterocycles. The second-order valence-electron chi connectivity index (χ2n) is 9.50. The third-order valence-corrected chi connectivity index (χ3v) is 7.33. The van der Waals surface area contributed by atoms with E-state index in [1.54, 1.807) is 9.47 Å². The van der Waals surface area contributed by atoms with Crippen molar-refractivity contribution >= 4 is 11.8 Å². The number of aliphatic hydroxyl groups excluding tert-OH is 1. The highest BCUT2D eigenvalue weighted by Gasteiger charge is 2.53. The van der Waals surface area contributed by atoms with Crippen LogP contribution in [0.15, 0.2) is 16.9 Å². The lowest BCUT2D eigenvalue weighted by Gasteiger charge is -2.41. The molecule has 1 unspecified atom stereocenters. The van der Waals surface area contributed by atoms with Crippen molar-refractivity contribution in [2.24, 2.45) is 0 Å². The number of aromatic nitrogens is 1. The third kappa shape index (κ3) is 3.15. The quantitative estimate of drug-likeness (QED) is 0.628. The summed E-state index contributed by atoms with van der Waals surface area (Å²) in [7, 11) is 0. The number of halogens is 2. The second-order valence-corrected chi connectivity index (χ2v) is 9.50. The van der Waals surface area contributed by atoms with Crippen molar-refractivity contribution in [3.63, 3.8) is 0 Å². The molecule has 2 atom stereocenters. The molecular weight excluding hydrogens is 448 g/mol. The van der Waals surface area contributed by atoms with E-state index in [9.17, 15) is 33.4 Å². The maximum absolute atomic E-state index is 14.2. The van der Waals surface area contributed by atoms with Crippen LogP contribution in [0.4, 0.5) is 8.78 Å². The summed E-state index contributed by atoms with van der Waals surface area (Å²) in [6.45, 7) is 1.53. The molecule has 5 rings (SSSR count). The molecule has 1 fully saturated rings. The third-order valence-electron chi connectivity index (χ3n) is 7.33. The fourth-order valence-corrected chi connectivity index (χ4v) is 5.87. The largest absolute Gasteiger partial charge is 0.503 e. The number of benzene rings is 1. The number of aromatic hydroxyl groups is 1. The number of aliphatic hydroxyl groups is 1. The standard InChI is InChI=1S/C24H25F2N3O5/c1-12-6-15(25)14(16(26)7-12)9-27-22(33)17-18-13(10-30)8-24-4-2-3-5-28(11-24)23(34)19(29(18)24)21(32)20(17)31/h6-7,13,30,32H,2-5,8-11H2,1H3,(H,27,33)/t13?,24-/m1/s1. The molecule has 0 radical (unpaired) electrons. The van der Waals surface area contributed by atoms with Gasteiger partial charge in [-0.2, -0.15) is 0 Å². The highest BCUT2D eigenvalue weighted by molar-refractivity contribution is 6.00. The van der Waals surface area contributed by atoms with E-state index in [0.29, 0.717) is 31.5 Å². The zero-order valence-corrected chi connectivity index (χ0v) is 18.7. The van der Waals surface area contributed by atoms with Crippen LogP contribution in [0.25, 0.3) is 0 Å². The number of fused-ring (bicyclic) bond motifs is 1. The van der Waals surface area contributed by atoms with Gasteiger partial charge in [0.2, 0.25) is 5.43 Å². The Morgan fingerprint density at radius 1 is 1.24 bits per heavy atom. The van der Waals surface area contributed by atoms with E-state index in [0.717, 1.165) is 25.0 Å². The molecule has 180 valence electrons. The van der Waals surface area contributed by atoms with Crippen LogP contribution in [0.5, 0.6) is 5.75 Å². The summed E-state index contributed by atoms with van der Waals surface area (Å²) in [5.41, 5.74) is -2.02. The number of carbonyl (C=O) groups is 2. The van der Waals surface area contributed by atoms with Gasteiger partial charge in [-0.25, -0.2) is 8.78 Å². The predicted octanol–water partition coefficient (Wildman–Crippen LogP) is 1.89. The first kappa shape index (κ1) is 22.5. The Morgan fingerprint density at radius 2 is 1.94 bits per heavy atom. The highest BCUT2D eigenvalue weighted by Crippen LogP contribution is 2.50. The van der Waals surface area contributed by atoms with Crippen molar-refractivity contribution in [2.75, 3.05) is 19.7 Å². The van der Waals surface area contributed by atoms with Crippen molar-refractivity contribution in [3.8, 4) is 5.75 Å². The van der Waals surface area contributed by atoms with Gasteiger partial charge in [0, 0.05) is 36.8 Å².